The number of hydrogen-bond acceptors (Lipinski definition) is 5. The van der Waals surface area contributed by atoms with Crippen molar-refractivity contribution in [2.45, 2.75) is 33.1 Å². The minimum absolute atomic E-state index is 0.205. The van der Waals surface area contributed by atoms with Crippen LogP contribution in [0, 0.1) is 0 Å². The zero-order valence-corrected chi connectivity index (χ0v) is 14.6. The number of aryl methyl sites for hydroxylation is 1. The van der Waals surface area contributed by atoms with Gasteiger partial charge in [-0.15, -0.1) is 0 Å². The summed E-state index contributed by atoms with van der Waals surface area (Å²) >= 11 is 6.07. The Kier molecular flexibility index (Phi) is 5.00. The van der Waals surface area contributed by atoms with Crippen LogP contribution in [0.25, 0.3) is 0 Å². The van der Waals surface area contributed by atoms with Crippen molar-refractivity contribution in [1.82, 2.24) is 9.97 Å². The molecule has 0 aliphatic carbocycles. The summed E-state index contributed by atoms with van der Waals surface area (Å²) in [6, 6.07) is 7.91. The maximum atomic E-state index is 11.6. The van der Waals surface area contributed by atoms with Crippen molar-refractivity contribution in [2.24, 2.45) is 0 Å². The molecule has 0 radical (unpaired) electrons. The molecule has 2 heterocycles. The van der Waals surface area contributed by atoms with Crippen LogP contribution in [-0.2, 0) is 28.8 Å². The number of esters is 1. The van der Waals surface area contributed by atoms with E-state index in [4.69, 9.17) is 16.3 Å². The van der Waals surface area contributed by atoms with Crippen molar-refractivity contribution in [3.05, 3.63) is 46.4 Å². The molecule has 126 valence electrons. The Morgan fingerprint density at radius 1 is 1.25 bits per heavy atom. The smallest absolute Gasteiger partial charge is 0.310 e. The predicted octanol–water partition coefficient (Wildman–Crippen LogP) is 3.49. The third-order valence-corrected chi connectivity index (χ3v) is 4.29. The summed E-state index contributed by atoms with van der Waals surface area (Å²) in [7, 11) is 0. The maximum Gasteiger partial charge on any atom is 0.310 e. The second kappa shape index (κ2) is 7.18. The topological polar surface area (TPSA) is 55.3 Å². The molecule has 3 rings (SSSR count). The van der Waals surface area contributed by atoms with Crippen LogP contribution in [0.3, 0.4) is 0 Å². The monoisotopic (exact) mass is 345 g/mol. The van der Waals surface area contributed by atoms with Crippen molar-refractivity contribution in [1.29, 1.82) is 0 Å². The zero-order valence-electron chi connectivity index (χ0n) is 13.9. The molecular weight excluding hydrogens is 326 g/mol. The minimum atomic E-state index is -0.205. The van der Waals surface area contributed by atoms with Crippen molar-refractivity contribution in [3.63, 3.8) is 0 Å². The molecule has 0 bridgehead atoms. The number of hydrogen-bond donors (Lipinski definition) is 0. The molecule has 0 unspecified atom stereocenters. The van der Waals surface area contributed by atoms with Gasteiger partial charge >= 0.3 is 5.97 Å². The number of anilines is 2. The Bertz CT molecular complexity index is 747. The third-order valence-electron chi connectivity index (χ3n) is 4.12. The van der Waals surface area contributed by atoms with Gasteiger partial charge in [0.1, 0.15) is 5.82 Å². The lowest BCUT2D eigenvalue weighted by atomic mass is 10.1. The molecule has 0 spiro atoms. The lowest BCUT2D eigenvalue weighted by molar-refractivity contribution is -0.142. The SMILES string of the molecule is CCOC(=O)Cc1ccc(N2CCc3c(CC)nc(Cl)nc32)cc1. The zero-order chi connectivity index (χ0) is 17.1. The normalized spacial score (nSPS) is 13.0. The van der Waals surface area contributed by atoms with Crippen molar-refractivity contribution >= 4 is 29.1 Å². The van der Waals surface area contributed by atoms with E-state index in [1.807, 2.05) is 31.2 Å². The summed E-state index contributed by atoms with van der Waals surface area (Å²) < 4.78 is 4.98. The maximum absolute atomic E-state index is 11.6. The van der Waals surface area contributed by atoms with Gasteiger partial charge in [-0.1, -0.05) is 19.1 Å². The van der Waals surface area contributed by atoms with Gasteiger partial charge < -0.3 is 9.64 Å². The first kappa shape index (κ1) is 16.7. The van der Waals surface area contributed by atoms with E-state index in [1.54, 1.807) is 0 Å². The van der Waals surface area contributed by atoms with E-state index in [2.05, 4.69) is 21.8 Å². The van der Waals surface area contributed by atoms with Gasteiger partial charge in [-0.3, -0.25) is 4.79 Å². The Labute approximate surface area is 146 Å². The summed E-state index contributed by atoms with van der Waals surface area (Å²) in [5.41, 5.74) is 4.17. The molecule has 0 saturated heterocycles. The van der Waals surface area contributed by atoms with Crippen molar-refractivity contribution in [3.8, 4) is 0 Å². The quantitative estimate of drug-likeness (QED) is 0.613. The van der Waals surface area contributed by atoms with Crippen molar-refractivity contribution in [2.75, 3.05) is 18.1 Å². The molecule has 0 amide bonds. The van der Waals surface area contributed by atoms with Crippen LogP contribution in [0.2, 0.25) is 5.28 Å². The van der Waals surface area contributed by atoms with E-state index in [0.717, 1.165) is 42.1 Å². The minimum Gasteiger partial charge on any atom is -0.466 e. The van der Waals surface area contributed by atoms with Crippen LogP contribution >= 0.6 is 11.6 Å². The lowest BCUT2D eigenvalue weighted by Gasteiger charge is -2.19. The number of carbonyl (C=O) groups excluding carboxylic acids is 1. The van der Waals surface area contributed by atoms with E-state index < -0.39 is 0 Å². The number of ether oxygens (including phenoxy) is 1. The fourth-order valence-electron chi connectivity index (χ4n) is 3.01. The van der Waals surface area contributed by atoms with Gasteiger partial charge in [0, 0.05) is 17.8 Å². The molecular formula is C18H20ClN3O2. The third kappa shape index (κ3) is 3.36. The molecule has 1 aromatic carbocycles. The van der Waals surface area contributed by atoms with Crippen molar-refractivity contribution < 1.29 is 9.53 Å². The number of rotatable bonds is 5. The molecule has 1 aromatic heterocycles. The average Bonchev–Trinajstić information content (AvgIpc) is 2.98. The molecule has 2 aromatic rings. The molecule has 0 atom stereocenters. The fraction of sp³-hybridized carbons (Fsp3) is 0.389. The predicted molar refractivity (Wildman–Crippen MR) is 93.9 cm³/mol. The number of aromatic nitrogens is 2. The van der Waals surface area contributed by atoms with Gasteiger partial charge in [-0.05, 0) is 49.1 Å². The number of fused-ring (bicyclic) bond motifs is 1. The highest BCUT2D eigenvalue weighted by Gasteiger charge is 2.25. The summed E-state index contributed by atoms with van der Waals surface area (Å²) in [6.07, 6.45) is 2.05. The highest BCUT2D eigenvalue weighted by molar-refractivity contribution is 6.28. The largest absolute Gasteiger partial charge is 0.466 e. The first-order chi connectivity index (χ1) is 11.6. The Balaban J connectivity index is 1.82. The highest BCUT2D eigenvalue weighted by Crippen LogP contribution is 2.35. The molecule has 1 aliphatic rings. The second-order valence-corrected chi connectivity index (χ2v) is 5.98. The number of benzene rings is 1. The van der Waals surface area contributed by atoms with E-state index in [-0.39, 0.29) is 11.3 Å². The summed E-state index contributed by atoms with van der Waals surface area (Å²) in [5.74, 6) is 0.689. The second-order valence-electron chi connectivity index (χ2n) is 5.64. The summed E-state index contributed by atoms with van der Waals surface area (Å²) in [6.45, 7) is 5.14. The molecule has 5 nitrogen and oxygen atoms in total. The lowest BCUT2D eigenvalue weighted by Crippen LogP contribution is -2.15. The molecule has 0 N–H and O–H groups in total. The summed E-state index contributed by atoms with van der Waals surface area (Å²) in [5, 5.41) is 0.288. The van der Waals surface area contributed by atoms with Crippen LogP contribution in [0.4, 0.5) is 11.5 Å². The van der Waals surface area contributed by atoms with Crippen LogP contribution in [-0.4, -0.2) is 29.1 Å². The van der Waals surface area contributed by atoms with E-state index in [1.165, 1.54) is 5.56 Å². The van der Waals surface area contributed by atoms with Gasteiger partial charge in [-0.2, -0.15) is 4.98 Å². The van der Waals surface area contributed by atoms with Gasteiger partial charge in [0.05, 0.1) is 18.7 Å². The van der Waals surface area contributed by atoms with Gasteiger partial charge in [-0.25, -0.2) is 4.98 Å². The first-order valence-electron chi connectivity index (χ1n) is 8.19. The van der Waals surface area contributed by atoms with E-state index in [0.29, 0.717) is 13.0 Å². The molecule has 0 saturated carbocycles. The van der Waals surface area contributed by atoms with Crippen LogP contribution in [0.1, 0.15) is 30.7 Å². The highest BCUT2D eigenvalue weighted by atomic mass is 35.5. The van der Waals surface area contributed by atoms with Gasteiger partial charge in [0.15, 0.2) is 0 Å². The van der Waals surface area contributed by atoms with E-state index in [9.17, 15) is 4.79 Å². The molecule has 24 heavy (non-hydrogen) atoms. The van der Waals surface area contributed by atoms with Crippen LogP contribution in [0.5, 0.6) is 0 Å². The van der Waals surface area contributed by atoms with Gasteiger partial charge in [0.2, 0.25) is 5.28 Å². The number of nitrogens with zero attached hydrogens (tertiary/aromatic N) is 3. The average molecular weight is 346 g/mol. The Morgan fingerprint density at radius 2 is 2.00 bits per heavy atom. The van der Waals surface area contributed by atoms with E-state index >= 15 is 0 Å². The van der Waals surface area contributed by atoms with Gasteiger partial charge in [0.25, 0.3) is 0 Å². The van der Waals surface area contributed by atoms with Crippen LogP contribution < -0.4 is 4.90 Å². The standard InChI is InChI=1S/C18H20ClN3O2/c1-3-15-14-9-10-22(17(14)21-18(19)20-15)13-7-5-12(6-8-13)11-16(23)24-4-2/h5-8H,3-4,9-11H2,1-2H3. The number of halogens is 1. The van der Waals surface area contributed by atoms with Crippen LogP contribution in [0.15, 0.2) is 24.3 Å². The number of carbonyl (C=O) groups is 1. The Hall–Kier alpha value is -2.14. The molecule has 6 heteroatoms. The first-order valence-corrected chi connectivity index (χ1v) is 8.57. The molecule has 0 fully saturated rings. The fourth-order valence-corrected chi connectivity index (χ4v) is 3.19. The Morgan fingerprint density at radius 3 is 2.67 bits per heavy atom. The molecule has 1 aliphatic heterocycles. The summed E-state index contributed by atoms with van der Waals surface area (Å²) in [4.78, 5) is 22.5.